The number of halogens is 2. The van der Waals surface area contributed by atoms with Gasteiger partial charge in [0.05, 0.1) is 17.9 Å². The zero-order valence-corrected chi connectivity index (χ0v) is 18.3. The third-order valence-corrected chi connectivity index (χ3v) is 5.63. The van der Waals surface area contributed by atoms with E-state index in [-0.39, 0.29) is 24.2 Å². The third kappa shape index (κ3) is 5.16. The van der Waals surface area contributed by atoms with Crippen LogP contribution in [0.5, 0.6) is 0 Å². The lowest BCUT2D eigenvalue weighted by Gasteiger charge is -2.26. The van der Waals surface area contributed by atoms with Gasteiger partial charge < -0.3 is 10.2 Å². The van der Waals surface area contributed by atoms with Crippen LogP contribution in [0, 0.1) is 18.6 Å². The van der Waals surface area contributed by atoms with Gasteiger partial charge in [0, 0.05) is 18.7 Å². The maximum absolute atomic E-state index is 13.5. The first kappa shape index (κ1) is 22.4. The van der Waals surface area contributed by atoms with E-state index in [1.807, 2.05) is 35.8 Å². The number of carbonyl (C=O) groups is 1. The number of nitrogens with zero attached hydrogens (tertiary/aromatic N) is 4. The van der Waals surface area contributed by atoms with Gasteiger partial charge in [0.2, 0.25) is 6.41 Å². The second-order valence-corrected chi connectivity index (χ2v) is 7.86. The van der Waals surface area contributed by atoms with Crippen molar-refractivity contribution in [3.05, 3.63) is 95.3 Å². The summed E-state index contributed by atoms with van der Waals surface area (Å²) in [6.45, 7) is 3.18. The number of rotatable bonds is 5. The van der Waals surface area contributed by atoms with E-state index in [0.29, 0.717) is 12.0 Å². The van der Waals surface area contributed by atoms with Crippen molar-refractivity contribution in [2.75, 3.05) is 11.4 Å². The van der Waals surface area contributed by atoms with Crippen molar-refractivity contribution in [2.45, 2.75) is 32.4 Å². The molecule has 6 nitrogen and oxygen atoms in total. The maximum Gasteiger partial charge on any atom is 0.207 e. The van der Waals surface area contributed by atoms with Crippen LogP contribution in [-0.2, 0) is 11.3 Å². The van der Waals surface area contributed by atoms with Crippen LogP contribution in [0.4, 0.5) is 14.6 Å². The van der Waals surface area contributed by atoms with E-state index in [1.165, 1.54) is 12.1 Å². The molecule has 8 heteroatoms. The summed E-state index contributed by atoms with van der Waals surface area (Å²) in [6, 6.07) is 17.4. The Morgan fingerprint density at radius 1 is 1.12 bits per heavy atom. The Morgan fingerprint density at radius 2 is 1.97 bits per heavy atom. The summed E-state index contributed by atoms with van der Waals surface area (Å²) in [6.07, 6.45) is 4.47. The van der Waals surface area contributed by atoms with E-state index in [0.717, 1.165) is 42.1 Å². The molecule has 1 aliphatic heterocycles. The molecule has 1 amide bonds. The van der Waals surface area contributed by atoms with Gasteiger partial charge in [-0.05, 0) is 55.7 Å². The summed E-state index contributed by atoms with van der Waals surface area (Å²) in [5, 5.41) is 7.09. The number of fused-ring (bicyclic) bond motifs is 1. The molecule has 2 aromatic carbocycles. The largest absolute Gasteiger partial charge is 0.354 e. The lowest BCUT2D eigenvalue weighted by molar-refractivity contribution is -0.109. The summed E-state index contributed by atoms with van der Waals surface area (Å²) in [7, 11) is 0. The normalized spacial score (nSPS) is 15.2. The molecule has 1 atom stereocenters. The van der Waals surface area contributed by atoms with Crippen LogP contribution in [0.15, 0.2) is 66.9 Å². The number of aryl methyl sites for hydroxylation is 1. The molecular formula is C25H25F2N5O. The first-order valence-corrected chi connectivity index (χ1v) is 10.8. The molecule has 170 valence electrons. The van der Waals surface area contributed by atoms with Crippen molar-refractivity contribution in [2.24, 2.45) is 0 Å². The Bertz CT molecular complexity index is 1240. The molecule has 1 saturated heterocycles. The molecule has 0 unspecified atom stereocenters. The fraction of sp³-hybridized carbons (Fsp3) is 0.240. The number of hydrogen-bond donors (Lipinski definition) is 1. The number of imidazole rings is 1. The minimum Gasteiger partial charge on any atom is -0.354 e. The summed E-state index contributed by atoms with van der Waals surface area (Å²) < 4.78 is 28.1. The summed E-state index contributed by atoms with van der Waals surface area (Å²) in [4.78, 5) is 16.4. The van der Waals surface area contributed by atoms with Crippen molar-refractivity contribution in [1.29, 1.82) is 0 Å². The van der Waals surface area contributed by atoms with Crippen LogP contribution < -0.4 is 10.2 Å². The van der Waals surface area contributed by atoms with Gasteiger partial charge in [-0.25, -0.2) is 18.3 Å². The van der Waals surface area contributed by atoms with Gasteiger partial charge >= 0.3 is 0 Å². The predicted molar refractivity (Wildman–Crippen MR) is 123 cm³/mol. The zero-order chi connectivity index (χ0) is 23.2. The highest BCUT2D eigenvalue weighted by Gasteiger charge is 2.27. The van der Waals surface area contributed by atoms with Gasteiger partial charge in [-0.15, -0.1) is 5.10 Å². The summed E-state index contributed by atoms with van der Waals surface area (Å²) in [5.74, 6) is 0.445. The van der Waals surface area contributed by atoms with E-state index < -0.39 is 0 Å². The highest BCUT2D eigenvalue weighted by atomic mass is 19.1. The van der Waals surface area contributed by atoms with Gasteiger partial charge in [-0.1, -0.05) is 30.3 Å². The first-order chi connectivity index (χ1) is 16.1. The van der Waals surface area contributed by atoms with E-state index in [1.54, 1.807) is 30.3 Å². The van der Waals surface area contributed by atoms with Crippen molar-refractivity contribution >= 4 is 17.9 Å². The Morgan fingerprint density at radius 3 is 2.76 bits per heavy atom. The molecular weight excluding hydrogens is 424 g/mol. The molecule has 1 fully saturated rings. The predicted octanol–water partition coefficient (Wildman–Crippen LogP) is 4.59. The zero-order valence-electron chi connectivity index (χ0n) is 18.3. The molecule has 0 saturated carbocycles. The number of hydrogen-bond acceptors (Lipinski definition) is 4. The SMILES string of the molecule is Cc1cnc2ccc(N3CCC[C@@H]3c3cccc(F)c3)nn12.O=CNCc1ccccc1F. The molecule has 2 aromatic heterocycles. The van der Waals surface area contributed by atoms with Gasteiger partial charge in [-0.2, -0.15) is 0 Å². The molecule has 0 radical (unpaired) electrons. The van der Waals surface area contributed by atoms with Crippen molar-refractivity contribution in [3.63, 3.8) is 0 Å². The molecule has 0 aliphatic carbocycles. The molecule has 0 spiro atoms. The topological polar surface area (TPSA) is 62.5 Å². The standard InChI is InChI=1S/C17H17FN4.C8H8FNO/c1-12-11-19-16-7-8-17(20-22(12)16)21-9-3-6-15(21)13-4-2-5-14(18)10-13;9-8-4-2-1-3-7(8)5-10-6-11/h2,4-5,7-8,10-11,15H,3,6,9H2,1H3;1-4,6H,5H2,(H,10,11)/t15-;/m1./s1. The minimum absolute atomic E-state index is 0.182. The number of anilines is 1. The lowest BCUT2D eigenvalue weighted by atomic mass is 10.0. The Hall–Kier alpha value is -3.81. The third-order valence-electron chi connectivity index (χ3n) is 5.63. The quantitative estimate of drug-likeness (QED) is 0.453. The first-order valence-electron chi connectivity index (χ1n) is 10.8. The number of nitrogens with one attached hydrogen (secondary N) is 1. The minimum atomic E-state index is -0.290. The monoisotopic (exact) mass is 449 g/mol. The van der Waals surface area contributed by atoms with E-state index in [2.05, 4.69) is 15.2 Å². The molecule has 0 bridgehead atoms. The Kier molecular flexibility index (Phi) is 6.92. The van der Waals surface area contributed by atoms with Gasteiger partial charge in [-0.3, -0.25) is 4.79 Å². The number of benzene rings is 2. The van der Waals surface area contributed by atoms with E-state index in [9.17, 15) is 13.6 Å². The molecule has 4 aromatic rings. The number of carbonyl (C=O) groups excluding carboxylic acids is 1. The average molecular weight is 450 g/mol. The van der Waals surface area contributed by atoms with E-state index in [4.69, 9.17) is 5.10 Å². The maximum atomic E-state index is 13.5. The van der Waals surface area contributed by atoms with Crippen LogP contribution in [0.3, 0.4) is 0 Å². The summed E-state index contributed by atoms with van der Waals surface area (Å²) in [5.41, 5.74) is 3.38. The fourth-order valence-electron chi connectivity index (χ4n) is 4.03. The van der Waals surface area contributed by atoms with Gasteiger partial charge in [0.15, 0.2) is 5.65 Å². The van der Waals surface area contributed by atoms with Crippen LogP contribution in [0.1, 0.15) is 35.7 Å². The highest BCUT2D eigenvalue weighted by Crippen LogP contribution is 2.35. The molecule has 5 rings (SSSR count). The molecule has 3 heterocycles. The molecule has 33 heavy (non-hydrogen) atoms. The Balaban J connectivity index is 0.000000200. The lowest BCUT2D eigenvalue weighted by Crippen LogP contribution is -2.24. The van der Waals surface area contributed by atoms with E-state index >= 15 is 0 Å². The molecule has 1 aliphatic rings. The van der Waals surface area contributed by atoms with Crippen molar-refractivity contribution < 1.29 is 13.6 Å². The van der Waals surface area contributed by atoms with Crippen LogP contribution in [0.2, 0.25) is 0 Å². The van der Waals surface area contributed by atoms with Gasteiger partial charge in [0.25, 0.3) is 0 Å². The van der Waals surface area contributed by atoms with Crippen molar-refractivity contribution in [1.82, 2.24) is 19.9 Å². The molecule has 1 N–H and O–H groups in total. The number of amides is 1. The smallest absolute Gasteiger partial charge is 0.207 e. The highest BCUT2D eigenvalue weighted by molar-refractivity contribution is 5.49. The fourth-order valence-corrected chi connectivity index (χ4v) is 4.03. The average Bonchev–Trinajstić information content (AvgIpc) is 3.46. The van der Waals surface area contributed by atoms with Crippen LogP contribution in [-0.4, -0.2) is 27.6 Å². The van der Waals surface area contributed by atoms with Crippen LogP contribution in [0.25, 0.3) is 5.65 Å². The van der Waals surface area contributed by atoms with Crippen LogP contribution >= 0.6 is 0 Å². The van der Waals surface area contributed by atoms with Crippen molar-refractivity contribution in [3.8, 4) is 0 Å². The second kappa shape index (κ2) is 10.2. The van der Waals surface area contributed by atoms with Gasteiger partial charge in [0.1, 0.15) is 17.5 Å². The summed E-state index contributed by atoms with van der Waals surface area (Å²) >= 11 is 0. The second-order valence-electron chi connectivity index (χ2n) is 7.86. The number of aromatic nitrogens is 3. The Labute approximate surface area is 190 Å².